The lowest BCUT2D eigenvalue weighted by molar-refractivity contribution is 0.620. The molecule has 8 aromatic carbocycles. The molecule has 11 rings (SSSR count). The summed E-state index contributed by atoms with van der Waals surface area (Å²) in [6.07, 6.45) is 0. The van der Waals surface area contributed by atoms with Crippen LogP contribution in [-0.2, 0) is 0 Å². The van der Waals surface area contributed by atoms with Gasteiger partial charge in [0.05, 0.1) is 16.8 Å². The van der Waals surface area contributed by atoms with Crippen molar-refractivity contribution in [2.75, 3.05) is 4.90 Å². The van der Waals surface area contributed by atoms with Crippen LogP contribution in [0.3, 0.4) is 0 Å². The van der Waals surface area contributed by atoms with Crippen molar-refractivity contribution in [2.24, 2.45) is 0 Å². The van der Waals surface area contributed by atoms with Crippen LogP contribution in [-0.4, -0.2) is 4.98 Å². The lowest BCUT2D eigenvalue weighted by Gasteiger charge is -2.26. The molecule has 3 aromatic heterocycles. The Hall–Kier alpha value is -7.11. The molecule has 0 spiro atoms. The lowest BCUT2D eigenvalue weighted by Crippen LogP contribution is -2.10. The van der Waals surface area contributed by atoms with Gasteiger partial charge < -0.3 is 18.2 Å². The van der Waals surface area contributed by atoms with Crippen LogP contribution in [0.4, 0.5) is 17.1 Å². The van der Waals surface area contributed by atoms with Gasteiger partial charge in [-0.15, -0.1) is 0 Å². The number of rotatable bonds is 5. The molecule has 3 heterocycles. The standard InChI is InChI=1S/C47H28N2O3/c1-2-12-30-27-32(26-25-29(30)11-1)31-13-7-14-33(28-31)49(38-19-10-24-43-45(38)34-15-3-5-21-40(34)50-43)39-20-8-16-35-44-36(17-9-23-42(44)51-46(35)39)47-48-37-18-4-6-22-41(37)52-47/h1-28H. The first-order valence-electron chi connectivity index (χ1n) is 17.4. The zero-order chi connectivity index (χ0) is 34.2. The molecule has 0 aliphatic rings. The summed E-state index contributed by atoms with van der Waals surface area (Å²) in [5.74, 6) is 0.564. The molecule has 0 unspecified atom stereocenters. The van der Waals surface area contributed by atoms with Gasteiger partial charge in [-0.3, -0.25) is 0 Å². The molecule has 0 aliphatic heterocycles. The molecule has 0 radical (unpaired) electrons. The third kappa shape index (κ3) is 4.39. The van der Waals surface area contributed by atoms with E-state index in [9.17, 15) is 0 Å². The van der Waals surface area contributed by atoms with E-state index < -0.39 is 0 Å². The number of aromatic nitrogens is 1. The Bertz CT molecular complexity index is 3130. The first kappa shape index (κ1) is 28.7. The summed E-state index contributed by atoms with van der Waals surface area (Å²) in [5, 5.41) is 6.45. The van der Waals surface area contributed by atoms with Crippen molar-refractivity contribution >= 4 is 82.8 Å². The molecular weight excluding hydrogens is 641 g/mol. The Balaban J connectivity index is 1.18. The molecule has 0 saturated heterocycles. The Morgan fingerprint density at radius 2 is 1.12 bits per heavy atom. The molecule has 5 nitrogen and oxygen atoms in total. The van der Waals surface area contributed by atoms with Crippen molar-refractivity contribution in [3.05, 3.63) is 170 Å². The van der Waals surface area contributed by atoms with Gasteiger partial charge in [0.2, 0.25) is 5.89 Å². The first-order chi connectivity index (χ1) is 25.8. The lowest BCUT2D eigenvalue weighted by atomic mass is 10.00. The summed E-state index contributed by atoms with van der Waals surface area (Å²) >= 11 is 0. The third-order valence-corrected chi connectivity index (χ3v) is 10.1. The molecule has 244 valence electrons. The fraction of sp³-hybridized carbons (Fsp3) is 0. The number of benzene rings is 8. The average Bonchev–Trinajstić information content (AvgIpc) is 3.92. The Kier molecular flexibility index (Phi) is 6.18. The van der Waals surface area contributed by atoms with Gasteiger partial charge in [0.1, 0.15) is 22.3 Å². The summed E-state index contributed by atoms with van der Waals surface area (Å²) in [7, 11) is 0. The monoisotopic (exact) mass is 668 g/mol. The Morgan fingerprint density at radius 3 is 2.04 bits per heavy atom. The van der Waals surface area contributed by atoms with Crippen molar-refractivity contribution in [1.29, 1.82) is 0 Å². The van der Waals surface area contributed by atoms with Crippen LogP contribution < -0.4 is 4.90 Å². The molecule has 0 atom stereocenters. The summed E-state index contributed by atoms with van der Waals surface area (Å²) in [4.78, 5) is 7.16. The highest BCUT2D eigenvalue weighted by atomic mass is 16.4. The van der Waals surface area contributed by atoms with Crippen LogP contribution in [0.2, 0.25) is 0 Å². The smallest absolute Gasteiger partial charge is 0.228 e. The minimum atomic E-state index is 0.564. The van der Waals surface area contributed by atoms with Gasteiger partial charge in [-0.25, -0.2) is 4.98 Å². The second kappa shape index (κ2) is 11.2. The van der Waals surface area contributed by atoms with Crippen LogP contribution in [0.5, 0.6) is 0 Å². The average molecular weight is 669 g/mol. The highest BCUT2D eigenvalue weighted by Crippen LogP contribution is 2.48. The topological polar surface area (TPSA) is 55.6 Å². The Morgan fingerprint density at radius 1 is 0.423 bits per heavy atom. The fourth-order valence-electron chi connectivity index (χ4n) is 7.72. The van der Waals surface area contributed by atoms with Crippen molar-refractivity contribution in [3.8, 4) is 22.6 Å². The van der Waals surface area contributed by atoms with Crippen molar-refractivity contribution in [3.63, 3.8) is 0 Å². The number of para-hydroxylation sites is 4. The maximum Gasteiger partial charge on any atom is 0.228 e. The van der Waals surface area contributed by atoms with E-state index in [1.807, 2.05) is 54.6 Å². The Labute approximate surface area is 297 Å². The van der Waals surface area contributed by atoms with Gasteiger partial charge in [0.25, 0.3) is 0 Å². The number of nitrogens with zero attached hydrogens (tertiary/aromatic N) is 2. The number of furan rings is 2. The summed E-state index contributed by atoms with van der Waals surface area (Å²) in [6, 6.07) is 58.6. The van der Waals surface area contributed by atoms with Crippen molar-refractivity contribution < 1.29 is 13.3 Å². The number of hydrogen-bond acceptors (Lipinski definition) is 5. The molecule has 0 fully saturated rings. The summed E-state index contributed by atoms with van der Waals surface area (Å²) in [5.41, 5.74) is 10.8. The predicted molar refractivity (Wildman–Crippen MR) is 212 cm³/mol. The maximum absolute atomic E-state index is 6.85. The minimum Gasteiger partial charge on any atom is -0.456 e. The minimum absolute atomic E-state index is 0.564. The molecule has 0 saturated carbocycles. The van der Waals surface area contributed by atoms with E-state index in [1.54, 1.807) is 0 Å². The van der Waals surface area contributed by atoms with Crippen LogP contribution in [0.25, 0.3) is 88.3 Å². The van der Waals surface area contributed by atoms with Gasteiger partial charge in [-0.1, -0.05) is 103 Å². The highest BCUT2D eigenvalue weighted by molar-refractivity contribution is 6.18. The number of anilines is 3. The molecule has 52 heavy (non-hydrogen) atoms. The van der Waals surface area contributed by atoms with Crippen LogP contribution in [0.1, 0.15) is 0 Å². The van der Waals surface area contributed by atoms with Crippen molar-refractivity contribution in [2.45, 2.75) is 0 Å². The zero-order valence-corrected chi connectivity index (χ0v) is 27.8. The van der Waals surface area contributed by atoms with E-state index in [1.165, 1.54) is 10.8 Å². The number of hydrogen-bond donors (Lipinski definition) is 0. The predicted octanol–water partition coefficient (Wildman–Crippen LogP) is 13.6. The molecule has 11 aromatic rings. The van der Waals surface area contributed by atoms with Gasteiger partial charge in [0, 0.05) is 27.4 Å². The maximum atomic E-state index is 6.85. The second-order valence-corrected chi connectivity index (χ2v) is 13.1. The summed E-state index contributed by atoms with van der Waals surface area (Å²) in [6.45, 7) is 0. The molecule has 0 N–H and O–H groups in total. The third-order valence-electron chi connectivity index (χ3n) is 10.1. The summed E-state index contributed by atoms with van der Waals surface area (Å²) < 4.78 is 19.5. The molecule has 0 aliphatic carbocycles. The van der Waals surface area contributed by atoms with E-state index in [-0.39, 0.29) is 0 Å². The number of fused-ring (bicyclic) bond motifs is 8. The molecular formula is C47H28N2O3. The molecule has 0 bridgehead atoms. The van der Waals surface area contributed by atoms with Gasteiger partial charge in [-0.2, -0.15) is 0 Å². The molecule has 5 heteroatoms. The first-order valence-corrected chi connectivity index (χ1v) is 17.4. The van der Waals surface area contributed by atoms with Gasteiger partial charge in [0.15, 0.2) is 11.2 Å². The fourth-order valence-corrected chi connectivity index (χ4v) is 7.72. The molecule has 0 amide bonds. The van der Waals surface area contributed by atoms with Crippen LogP contribution in [0, 0.1) is 0 Å². The van der Waals surface area contributed by atoms with E-state index in [0.717, 1.165) is 88.7 Å². The van der Waals surface area contributed by atoms with E-state index in [2.05, 4.69) is 120 Å². The quantitative estimate of drug-likeness (QED) is 0.183. The van der Waals surface area contributed by atoms with E-state index >= 15 is 0 Å². The highest BCUT2D eigenvalue weighted by Gasteiger charge is 2.25. The van der Waals surface area contributed by atoms with Crippen LogP contribution in [0.15, 0.2) is 183 Å². The van der Waals surface area contributed by atoms with Crippen molar-refractivity contribution in [1.82, 2.24) is 4.98 Å². The SMILES string of the molecule is c1cc(-c2ccc3ccccc3c2)cc(N(c2cccc3c2oc2cccc(-c4nc5ccccc5o4)c23)c2cccc3oc4ccccc4c23)c1. The zero-order valence-electron chi connectivity index (χ0n) is 27.8. The van der Waals surface area contributed by atoms with Crippen LogP contribution >= 0.6 is 0 Å². The van der Waals surface area contributed by atoms with Gasteiger partial charge in [-0.05, 0) is 88.6 Å². The normalized spacial score (nSPS) is 11.8. The number of oxazole rings is 1. The van der Waals surface area contributed by atoms with Gasteiger partial charge >= 0.3 is 0 Å². The van der Waals surface area contributed by atoms with E-state index in [0.29, 0.717) is 5.89 Å². The van der Waals surface area contributed by atoms with E-state index in [4.69, 9.17) is 18.2 Å². The second-order valence-electron chi connectivity index (χ2n) is 13.1. The largest absolute Gasteiger partial charge is 0.456 e.